The lowest BCUT2D eigenvalue weighted by Gasteiger charge is -1.90. The van der Waals surface area contributed by atoms with E-state index in [9.17, 15) is 8.78 Å². The monoisotopic (exact) mass is 166 g/mol. The van der Waals surface area contributed by atoms with Crippen molar-refractivity contribution >= 4 is 0 Å². The molecular formula is C10H8F2. The summed E-state index contributed by atoms with van der Waals surface area (Å²) in [4.78, 5) is 0. The van der Waals surface area contributed by atoms with Crippen molar-refractivity contribution in [2.45, 2.75) is 6.42 Å². The molecule has 0 amide bonds. The predicted octanol–water partition coefficient (Wildman–Crippen LogP) is 2.54. The number of hydrogen-bond donors (Lipinski definition) is 0. The molecule has 0 atom stereocenters. The molecule has 0 heterocycles. The zero-order chi connectivity index (χ0) is 8.81. The number of halogens is 2. The molecule has 0 N–H and O–H groups in total. The molecule has 0 fully saturated rings. The quantitative estimate of drug-likeness (QED) is 0.562. The fourth-order valence-corrected chi connectivity index (χ4v) is 0.768. The van der Waals surface area contributed by atoms with Gasteiger partial charge in [0.25, 0.3) is 0 Å². The molecule has 0 saturated carbocycles. The number of benzene rings is 1. The summed E-state index contributed by atoms with van der Waals surface area (Å²) in [6.45, 7) is -0.485. The third-order valence-corrected chi connectivity index (χ3v) is 1.32. The maximum Gasteiger partial charge on any atom is 0.138 e. The van der Waals surface area contributed by atoms with Crippen LogP contribution in [0.15, 0.2) is 24.3 Å². The Morgan fingerprint density at radius 3 is 2.67 bits per heavy atom. The van der Waals surface area contributed by atoms with Gasteiger partial charge in [-0.2, -0.15) is 0 Å². The predicted molar refractivity (Wildman–Crippen MR) is 43.9 cm³/mol. The number of rotatable bonds is 1. The van der Waals surface area contributed by atoms with Crippen molar-refractivity contribution in [3.63, 3.8) is 0 Å². The minimum Gasteiger partial charge on any atom is -0.250 e. The van der Waals surface area contributed by atoms with E-state index >= 15 is 0 Å². The summed E-state index contributed by atoms with van der Waals surface area (Å²) in [6, 6.07) is 6.19. The standard InChI is InChI=1S/C10H8F2/c11-8-4-3-6-9-5-1-2-7-10(9)12/h1-2,5,7H,4,8H2. The van der Waals surface area contributed by atoms with Gasteiger partial charge in [-0.15, -0.1) is 0 Å². The lowest BCUT2D eigenvalue weighted by Crippen LogP contribution is -1.80. The first-order valence-corrected chi connectivity index (χ1v) is 3.64. The molecule has 62 valence electrons. The lowest BCUT2D eigenvalue weighted by atomic mass is 10.2. The van der Waals surface area contributed by atoms with Gasteiger partial charge >= 0.3 is 0 Å². The molecule has 0 aromatic heterocycles. The molecule has 0 radical (unpaired) electrons. The van der Waals surface area contributed by atoms with Gasteiger partial charge in [0.1, 0.15) is 12.5 Å². The van der Waals surface area contributed by atoms with E-state index in [-0.39, 0.29) is 12.2 Å². The van der Waals surface area contributed by atoms with Crippen LogP contribution in [-0.4, -0.2) is 6.67 Å². The van der Waals surface area contributed by atoms with Crippen LogP contribution in [-0.2, 0) is 0 Å². The molecule has 2 heteroatoms. The second-order valence-electron chi connectivity index (χ2n) is 2.22. The first-order chi connectivity index (χ1) is 5.84. The second kappa shape index (κ2) is 4.50. The van der Waals surface area contributed by atoms with E-state index in [4.69, 9.17) is 0 Å². The summed E-state index contributed by atoms with van der Waals surface area (Å²) < 4.78 is 24.4. The maximum atomic E-state index is 12.8. The second-order valence-corrected chi connectivity index (χ2v) is 2.22. The molecule has 12 heavy (non-hydrogen) atoms. The summed E-state index contributed by atoms with van der Waals surface area (Å²) in [6.07, 6.45) is 0.161. The van der Waals surface area contributed by atoms with Crippen LogP contribution in [0.2, 0.25) is 0 Å². The Morgan fingerprint density at radius 1 is 1.25 bits per heavy atom. The molecule has 0 aliphatic carbocycles. The van der Waals surface area contributed by atoms with Gasteiger partial charge in [-0.25, -0.2) is 4.39 Å². The summed E-state index contributed by atoms with van der Waals surface area (Å²) >= 11 is 0. The van der Waals surface area contributed by atoms with Gasteiger partial charge in [-0.1, -0.05) is 24.0 Å². The fourth-order valence-electron chi connectivity index (χ4n) is 0.768. The van der Waals surface area contributed by atoms with Gasteiger partial charge in [0.15, 0.2) is 0 Å². The van der Waals surface area contributed by atoms with Crippen LogP contribution >= 0.6 is 0 Å². The highest BCUT2D eigenvalue weighted by Crippen LogP contribution is 2.03. The molecular weight excluding hydrogens is 158 g/mol. The van der Waals surface area contributed by atoms with E-state index in [1.54, 1.807) is 18.2 Å². The molecule has 0 spiro atoms. The topological polar surface area (TPSA) is 0 Å². The molecule has 1 aromatic carbocycles. The van der Waals surface area contributed by atoms with E-state index in [1.165, 1.54) is 6.07 Å². The molecule has 0 aliphatic rings. The van der Waals surface area contributed by atoms with Crippen LogP contribution < -0.4 is 0 Å². The Labute approximate surface area is 70.2 Å². The van der Waals surface area contributed by atoms with Crippen molar-refractivity contribution in [1.29, 1.82) is 0 Å². The van der Waals surface area contributed by atoms with Gasteiger partial charge in [0, 0.05) is 6.42 Å². The van der Waals surface area contributed by atoms with Crippen molar-refractivity contribution < 1.29 is 8.78 Å². The number of hydrogen-bond acceptors (Lipinski definition) is 0. The molecule has 0 aliphatic heterocycles. The Kier molecular flexibility index (Phi) is 3.28. The van der Waals surface area contributed by atoms with Gasteiger partial charge < -0.3 is 0 Å². The Bertz CT molecular complexity index is 307. The van der Waals surface area contributed by atoms with E-state index in [2.05, 4.69) is 11.8 Å². The normalized spacial score (nSPS) is 8.83. The molecule has 0 unspecified atom stereocenters. The highest BCUT2D eigenvalue weighted by Gasteiger charge is 1.93. The Balaban J connectivity index is 2.77. The third kappa shape index (κ3) is 2.35. The van der Waals surface area contributed by atoms with E-state index in [1.807, 2.05) is 0 Å². The minimum atomic E-state index is -0.485. The molecule has 0 saturated heterocycles. The molecule has 1 rings (SSSR count). The molecule has 0 nitrogen and oxygen atoms in total. The van der Waals surface area contributed by atoms with Gasteiger partial charge in [-0.3, -0.25) is 4.39 Å². The zero-order valence-electron chi connectivity index (χ0n) is 6.48. The van der Waals surface area contributed by atoms with Gasteiger partial charge in [-0.05, 0) is 12.1 Å². The molecule has 1 aromatic rings. The number of alkyl halides is 1. The van der Waals surface area contributed by atoms with Crippen molar-refractivity contribution in [3.05, 3.63) is 35.6 Å². The third-order valence-electron chi connectivity index (χ3n) is 1.32. The Hall–Kier alpha value is -1.36. The maximum absolute atomic E-state index is 12.8. The Morgan fingerprint density at radius 2 is 2.00 bits per heavy atom. The average molecular weight is 166 g/mol. The van der Waals surface area contributed by atoms with Gasteiger partial charge in [0.05, 0.1) is 5.56 Å². The summed E-state index contributed by atoms with van der Waals surface area (Å²) in [5.74, 6) is 4.72. The largest absolute Gasteiger partial charge is 0.250 e. The van der Waals surface area contributed by atoms with Crippen molar-refractivity contribution in [3.8, 4) is 11.8 Å². The van der Waals surface area contributed by atoms with Gasteiger partial charge in [0.2, 0.25) is 0 Å². The van der Waals surface area contributed by atoms with Crippen LogP contribution in [0.25, 0.3) is 0 Å². The van der Waals surface area contributed by atoms with Crippen LogP contribution in [0.3, 0.4) is 0 Å². The first-order valence-electron chi connectivity index (χ1n) is 3.64. The van der Waals surface area contributed by atoms with Crippen LogP contribution in [0.5, 0.6) is 0 Å². The van der Waals surface area contributed by atoms with Crippen LogP contribution in [0, 0.1) is 17.7 Å². The highest BCUT2D eigenvalue weighted by molar-refractivity contribution is 5.34. The van der Waals surface area contributed by atoms with Crippen LogP contribution in [0.1, 0.15) is 12.0 Å². The van der Waals surface area contributed by atoms with E-state index in [0.29, 0.717) is 5.56 Å². The lowest BCUT2D eigenvalue weighted by molar-refractivity contribution is 0.505. The summed E-state index contributed by atoms with van der Waals surface area (Å²) in [5, 5.41) is 0. The smallest absolute Gasteiger partial charge is 0.138 e. The highest BCUT2D eigenvalue weighted by atomic mass is 19.1. The minimum absolute atomic E-state index is 0.161. The summed E-state index contributed by atoms with van der Waals surface area (Å²) in [7, 11) is 0. The summed E-state index contributed by atoms with van der Waals surface area (Å²) in [5.41, 5.74) is 0.325. The van der Waals surface area contributed by atoms with E-state index in [0.717, 1.165) is 0 Å². The van der Waals surface area contributed by atoms with Crippen molar-refractivity contribution in [2.75, 3.05) is 6.67 Å². The first kappa shape index (κ1) is 8.73. The zero-order valence-corrected chi connectivity index (χ0v) is 6.48. The van der Waals surface area contributed by atoms with Crippen LogP contribution in [0.4, 0.5) is 8.78 Å². The van der Waals surface area contributed by atoms with E-state index < -0.39 is 6.67 Å². The fraction of sp³-hybridized carbons (Fsp3) is 0.200. The van der Waals surface area contributed by atoms with Crippen molar-refractivity contribution in [2.24, 2.45) is 0 Å². The SMILES string of the molecule is FCCC#Cc1ccccc1F. The van der Waals surface area contributed by atoms with Crippen molar-refractivity contribution in [1.82, 2.24) is 0 Å². The average Bonchev–Trinajstić information content (AvgIpc) is 2.09. The molecule has 0 bridgehead atoms.